The molecule has 1 fully saturated rings. The Morgan fingerprint density at radius 1 is 1.04 bits per heavy atom. The first-order chi connectivity index (χ1) is 13.7. The molecule has 1 aromatic carbocycles. The summed E-state index contributed by atoms with van der Waals surface area (Å²) in [6.45, 7) is 4.78. The Hall–Kier alpha value is -2.97. The van der Waals surface area contributed by atoms with Gasteiger partial charge in [-0.2, -0.15) is 0 Å². The highest BCUT2D eigenvalue weighted by Crippen LogP contribution is 2.15. The van der Waals surface area contributed by atoms with Gasteiger partial charge >= 0.3 is 0 Å². The van der Waals surface area contributed by atoms with Crippen molar-refractivity contribution in [2.75, 3.05) is 26.3 Å². The Morgan fingerprint density at radius 3 is 2.46 bits per heavy atom. The summed E-state index contributed by atoms with van der Waals surface area (Å²) in [5.74, 6) is 0.756. The lowest BCUT2D eigenvalue weighted by Gasteiger charge is -2.32. The van der Waals surface area contributed by atoms with Crippen molar-refractivity contribution in [2.45, 2.75) is 19.5 Å². The lowest BCUT2D eigenvalue weighted by Crippen LogP contribution is -2.44. The third-order valence-electron chi connectivity index (χ3n) is 4.81. The van der Waals surface area contributed by atoms with Crippen LogP contribution in [0.4, 0.5) is 0 Å². The van der Waals surface area contributed by atoms with E-state index in [1.807, 2.05) is 37.3 Å². The molecule has 2 aromatic heterocycles. The number of hydrogen-bond acceptors (Lipinski definition) is 7. The Kier molecular flexibility index (Phi) is 5.50. The van der Waals surface area contributed by atoms with Gasteiger partial charge in [-0.05, 0) is 18.6 Å². The van der Waals surface area contributed by atoms with E-state index in [9.17, 15) is 4.79 Å². The number of hydrogen-bond donors (Lipinski definition) is 0. The van der Waals surface area contributed by atoms with E-state index in [1.54, 1.807) is 18.5 Å². The van der Waals surface area contributed by atoms with Crippen molar-refractivity contribution < 1.29 is 4.74 Å². The van der Waals surface area contributed by atoms with Crippen molar-refractivity contribution in [3.8, 4) is 11.6 Å². The third kappa shape index (κ3) is 3.97. The summed E-state index contributed by atoms with van der Waals surface area (Å²) in [4.78, 5) is 28.4. The van der Waals surface area contributed by atoms with E-state index in [0.717, 1.165) is 18.7 Å². The minimum Gasteiger partial charge on any atom is -0.379 e. The molecule has 1 aliphatic heterocycles. The summed E-state index contributed by atoms with van der Waals surface area (Å²) in [6, 6.07) is 11.6. The predicted octanol–water partition coefficient (Wildman–Crippen LogP) is 1.54. The smallest absolute Gasteiger partial charge is 0.290 e. The van der Waals surface area contributed by atoms with E-state index in [2.05, 4.69) is 25.0 Å². The molecule has 1 saturated heterocycles. The highest BCUT2D eigenvalue weighted by Gasteiger charge is 2.23. The van der Waals surface area contributed by atoms with Crippen molar-refractivity contribution in [1.29, 1.82) is 0 Å². The molecule has 0 amide bonds. The van der Waals surface area contributed by atoms with Gasteiger partial charge in [0.15, 0.2) is 5.82 Å². The maximum atomic E-state index is 13.2. The Balaban J connectivity index is 1.77. The van der Waals surface area contributed by atoms with Crippen LogP contribution in [0.3, 0.4) is 0 Å². The zero-order chi connectivity index (χ0) is 19.3. The van der Waals surface area contributed by atoms with Gasteiger partial charge in [0, 0.05) is 31.9 Å². The highest BCUT2D eigenvalue weighted by molar-refractivity contribution is 5.41. The molecule has 1 unspecified atom stereocenters. The number of rotatable bonds is 5. The Morgan fingerprint density at radius 2 is 1.75 bits per heavy atom. The molecule has 8 heteroatoms. The van der Waals surface area contributed by atoms with Crippen LogP contribution in [0.2, 0.25) is 0 Å². The summed E-state index contributed by atoms with van der Waals surface area (Å²) in [6.07, 6.45) is 3.50. The molecule has 3 aromatic rings. The number of nitrogens with zero attached hydrogens (tertiary/aromatic N) is 6. The molecular weight excluding hydrogens is 356 g/mol. The molecule has 0 saturated carbocycles. The molecule has 0 radical (unpaired) electrons. The predicted molar refractivity (Wildman–Crippen MR) is 104 cm³/mol. The summed E-state index contributed by atoms with van der Waals surface area (Å²) >= 11 is 0. The maximum Gasteiger partial charge on any atom is 0.290 e. The van der Waals surface area contributed by atoms with Gasteiger partial charge in [-0.25, -0.2) is 19.6 Å². The van der Waals surface area contributed by atoms with Crippen LogP contribution in [0, 0.1) is 0 Å². The van der Waals surface area contributed by atoms with Crippen LogP contribution in [-0.4, -0.2) is 55.9 Å². The number of ether oxygens (including phenoxy) is 1. The lowest BCUT2D eigenvalue weighted by atomic mass is 10.1. The summed E-state index contributed by atoms with van der Waals surface area (Å²) in [5.41, 5.74) is 1.26. The van der Waals surface area contributed by atoms with Crippen LogP contribution in [0.15, 0.2) is 53.6 Å². The van der Waals surface area contributed by atoms with Gasteiger partial charge in [-0.15, -0.1) is 5.10 Å². The quantitative estimate of drug-likeness (QED) is 0.665. The second-order valence-electron chi connectivity index (χ2n) is 6.65. The summed E-state index contributed by atoms with van der Waals surface area (Å²) < 4.78 is 6.93. The topological polar surface area (TPSA) is 86.0 Å². The Labute approximate surface area is 162 Å². The van der Waals surface area contributed by atoms with Gasteiger partial charge in [0.05, 0.1) is 13.2 Å². The normalized spacial score (nSPS) is 16.0. The first-order valence-electron chi connectivity index (χ1n) is 9.35. The van der Waals surface area contributed by atoms with Gasteiger partial charge in [0.25, 0.3) is 5.56 Å². The molecule has 1 atom stereocenters. The molecule has 0 bridgehead atoms. The molecule has 28 heavy (non-hydrogen) atoms. The van der Waals surface area contributed by atoms with E-state index in [1.165, 1.54) is 4.68 Å². The SMILES string of the molecule is CC(N1CCOCC1)n1nc(-c2ncccn2)nc(Cc2ccccc2)c1=O. The average molecular weight is 378 g/mol. The maximum absolute atomic E-state index is 13.2. The molecule has 8 nitrogen and oxygen atoms in total. The van der Waals surface area contributed by atoms with Crippen molar-refractivity contribution in [2.24, 2.45) is 0 Å². The fourth-order valence-electron chi connectivity index (χ4n) is 3.25. The average Bonchev–Trinajstić information content (AvgIpc) is 2.76. The largest absolute Gasteiger partial charge is 0.379 e. The van der Waals surface area contributed by atoms with Crippen molar-refractivity contribution in [3.63, 3.8) is 0 Å². The second kappa shape index (κ2) is 8.37. The molecule has 1 aliphatic rings. The molecule has 3 heterocycles. The fourth-order valence-corrected chi connectivity index (χ4v) is 3.25. The molecule has 4 rings (SSSR count). The zero-order valence-corrected chi connectivity index (χ0v) is 15.7. The number of aromatic nitrogens is 5. The zero-order valence-electron chi connectivity index (χ0n) is 15.7. The van der Waals surface area contributed by atoms with Crippen LogP contribution in [0.1, 0.15) is 24.3 Å². The van der Waals surface area contributed by atoms with Crippen LogP contribution in [0.25, 0.3) is 11.6 Å². The standard InChI is InChI=1S/C20H22N6O2/c1-15(25-10-12-28-13-11-25)26-20(27)17(14-16-6-3-2-4-7-16)23-19(24-26)18-21-8-5-9-22-18/h2-9,15H,10-14H2,1H3. The highest BCUT2D eigenvalue weighted by atomic mass is 16.5. The molecule has 144 valence electrons. The van der Waals surface area contributed by atoms with E-state index in [0.29, 0.717) is 37.0 Å². The van der Waals surface area contributed by atoms with E-state index in [-0.39, 0.29) is 11.7 Å². The van der Waals surface area contributed by atoms with Crippen LogP contribution in [0.5, 0.6) is 0 Å². The van der Waals surface area contributed by atoms with Gasteiger partial charge in [0.1, 0.15) is 11.9 Å². The van der Waals surface area contributed by atoms with Crippen molar-refractivity contribution in [3.05, 3.63) is 70.4 Å². The minimum absolute atomic E-state index is 0.192. The first kappa shape index (κ1) is 18.4. The van der Waals surface area contributed by atoms with Gasteiger partial charge < -0.3 is 4.74 Å². The monoisotopic (exact) mass is 378 g/mol. The van der Waals surface area contributed by atoms with Crippen LogP contribution < -0.4 is 5.56 Å². The summed E-state index contributed by atoms with van der Waals surface area (Å²) in [7, 11) is 0. The van der Waals surface area contributed by atoms with Crippen molar-refractivity contribution in [1.82, 2.24) is 29.6 Å². The van der Waals surface area contributed by atoms with E-state index >= 15 is 0 Å². The molecule has 0 spiro atoms. The summed E-state index contributed by atoms with van der Waals surface area (Å²) in [5, 5.41) is 4.51. The molecular formula is C20H22N6O2. The lowest BCUT2D eigenvalue weighted by molar-refractivity contribution is -0.000967. The van der Waals surface area contributed by atoms with Gasteiger partial charge in [-0.3, -0.25) is 9.69 Å². The molecule has 0 aliphatic carbocycles. The minimum atomic E-state index is -0.212. The second-order valence-corrected chi connectivity index (χ2v) is 6.65. The number of morpholine rings is 1. The van der Waals surface area contributed by atoms with Crippen LogP contribution in [-0.2, 0) is 11.2 Å². The Bertz CT molecular complexity index is 971. The fraction of sp³-hybridized carbons (Fsp3) is 0.350. The van der Waals surface area contributed by atoms with Gasteiger partial charge in [-0.1, -0.05) is 30.3 Å². The van der Waals surface area contributed by atoms with Crippen LogP contribution >= 0.6 is 0 Å². The molecule has 0 N–H and O–H groups in total. The van der Waals surface area contributed by atoms with Gasteiger partial charge in [0.2, 0.25) is 5.82 Å². The van der Waals surface area contributed by atoms with E-state index < -0.39 is 0 Å². The number of benzene rings is 1. The van der Waals surface area contributed by atoms with Crippen molar-refractivity contribution >= 4 is 0 Å². The van der Waals surface area contributed by atoms with E-state index in [4.69, 9.17) is 4.74 Å². The third-order valence-corrected chi connectivity index (χ3v) is 4.81. The first-order valence-corrected chi connectivity index (χ1v) is 9.35.